The van der Waals surface area contributed by atoms with E-state index in [9.17, 15) is 8.42 Å². The van der Waals surface area contributed by atoms with E-state index in [0.717, 1.165) is 26.1 Å². The van der Waals surface area contributed by atoms with E-state index in [1.807, 2.05) is 6.07 Å². The Balaban J connectivity index is 1.92. The molecule has 5 nitrogen and oxygen atoms in total. The zero-order valence-electron chi connectivity index (χ0n) is 11.5. The highest BCUT2D eigenvalue weighted by atomic mass is 32.2. The Kier molecular flexibility index (Phi) is 5.12. The molecule has 1 aromatic carbocycles. The van der Waals surface area contributed by atoms with Gasteiger partial charge in [0.25, 0.3) is 0 Å². The number of rotatable bonds is 5. The summed E-state index contributed by atoms with van der Waals surface area (Å²) in [5.74, 6) is 0. The van der Waals surface area contributed by atoms with Crippen molar-refractivity contribution in [1.82, 2.24) is 4.31 Å². The number of hydrogen-bond donors (Lipinski definition) is 1. The molecular weight excluding hydrogens is 274 g/mol. The molecule has 1 aliphatic rings. The molecule has 0 bridgehead atoms. The molecule has 0 radical (unpaired) electrons. The quantitative estimate of drug-likeness (QED) is 0.770. The third-order valence-corrected chi connectivity index (χ3v) is 5.54. The Morgan fingerprint density at radius 2 is 1.85 bits per heavy atom. The summed E-state index contributed by atoms with van der Waals surface area (Å²) < 4.78 is 26.4. The van der Waals surface area contributed by atoms with Crippen molar-refractivity contribution in [1.29, 1.82) is 5.26 Å². The largest absolute Gasteiger partial charge is 0.333 e. The van der Waals surface area contributed by atoms with Crippen LogP contribution in [0.5, 0.6) is 0 Å². The minimum Gasteiger partial charge on any atom is -0.333 e. The molecule has 0 atom stereocenters. The third-order valence-electron chi connectivity index (χ3n) is 3.63. The van der Waals surface area contributed by atoms with Crippen LogP contribution in [0.1, 0.15) is 12.8 Å². The molecule has 0 aromatic heterocycles. The average molecular weight is 294 g/mol. The van der Waals surface area contributed by atoms with Crippen molar-refractivity contribution in [3.05, 3.63) is 30.3 Å². The minimum atomic E-state index is -3.34. The predicted molar refractivity (Wildman–Crippen MR) is 75.6 cm³/mol. The minimum absolute atomic E-state index is 0.368. The van der Waals surface area contributed by atoms with Crippen molar-refractivity contribution in [3.8, 4) is 6.07 Å². The number of benzene rings is 1. The number of nitrogens with zero attached hydrogens (tertiary/aromatic N) is 2. The van der Waals surface area contributed by atoms with Crippen molar-refractivity contribution in [2.45, 2.75) is 17.7 Å². The Morgan fingerprint density at radius 3 is 2.45 bits per heavy atom. The first-order valence-corrected chi connectivity index (χ1v) is 8.34. The maximum absolute atomic E-state index is 12.4. The number of nitriles is 1. The average Bonchev–Trinajstić information content (AvgIpc) is 2.49. The van der Waals surface area contributed by atoms with E-state index < -0.39 is 10.0 Å². The molecular formula is C14H20N3O2S+. The van der Waals surface area contributed by atoms with Crippen molar-refractivity contribution < 1.29 is 13.3 Å². The van der Waals surface area contributed by atoms with Gasteiger partial charge in [-0.2, -0.15) is 9.57 Å². The lowest BCUT2D eigenvalue weighted by Crippen LogP contribution is -3.14. The number of nitrogens with one attached hydrogen (secondary N) is 1. The van der Waals surface area contributed by atoms with Crippen LogP contribution in [0.4, 0.5) is 0 Å². The number of sulfonamides is 1. The van der Waals surface area contributed by atoms with Gasteiger partial charge in [0, 0.05) is 12.8 Å². The van der Waals surface area contributed by atoms with Crippen LogP contribution < -0.4 is 4.90 Å². The van der Waals surface area contributed by atoms with E-state index in [0.29, 0.717) is 24.4 Å². The summed E-state index contributed by atoms with van der Waals surface area (Å²) in [5, 5.41) is 8.52. The number of unbranched alkanes of at least 4 members (excludes halogenated alkanes) is 1. The smallest absolute Gasteiger partial charge is 0.243 e. The van der Waals surface area contributed by atoms with Crippen molar-refractivity contribution in [2.75, 3.05) is 32.7 Å². The zero-order chi connectivity index (χ0) is 14.4. The van der Waals surface area contributed by atoms with Gasteiger partial charge in [0.05, 0.1) is 43.7 Å². The van der Waals surface area contributed by atoms with E-state index in [1.165, 1.54) is 4.90 Å². The van der Waals surface area contributed by atoms with E-state index >= 15 is 0 Å². The molecule has 1 fully saturated rings. The lowest BCUT2D eigenvalue weighted by Gasteiger charge is -2.31. The molecule has 1 aliphatic heterocycles. The molecule has 0 spiro atoms. The molecule has 0 aliphatic carbocycles. The Morgan fingerprint density at radius 1 is 1.20 bits per heavy atom. The summed E-state index contributed by atoms with van der Waals surface area (Å²) in [6.07, 6.45) is 1.47. The highest BCUT2D eigenvalue weighted by molar-refractivity contribution is 7.89. The van der Waals surface area contributed by atoms with Crippen LogP contribution in [0.2, 0.25) is 0 Å². The van der Waals surface area contributed by atoms with Crippen LogP contribution >= 0.6 is 0 Å². The fourth-order valence-electron chi connectivity index (χ4n) is 2.45. The van der Waals surface area contributed by atoms with Crippen molar-refractivity contribution in [3.63, 3.8) is 0 Å². The molecule has 20 heavy (non-hydrogen) atoms. The van der Waals surface area contributed by atoms with Gasteiger partial charge in [-0.1, -0.05) is 18.2 Å². The molecule has 0 unspecified atom stereocenters. The van der Waals surface area contributed by atoms with Gasteiger partial charge in [0.2, 0.25) is 10.0 Å². The summed E-state index contributed by atoms with van der Waals surface area (Å²) in [6.45, 7) is 3.69. The van der Waals surface area contributed by atoms with Gasteiger partial charge < -0.3 is 4.90 Å². The molecule has 6 heteroatoms. The topological polar surface area (TPSA) is 65.6 Å². The predicted octanol–water partition coefficient (Wildman–Crippen LogP) is -0.120. The maximum atomic E-state index is 12.4. The molecule has 1 N–H and O–H groups in total. The standard InChI is InChI=1S/C14H19N3O2S/c15-8-4-5-9-16-10-12-17(13-11-16)20(18,19)14-6-2-1-3-7-14/h1-3,6-7H,4-5,9-13H2/p+1. The van der Waals surface area contributed by atoms with Gasteiger partial charge in [0.15, 0.2) is 0 Å². The maximum Gasteiger partial charge on any atom is 0.243 e. The second-order valence-electron chi connectivity index (χ2n) is 4.98. The molecule has 108 valence electrons. The van der Waals surface area contributed by atoms with Crippen molar-refractivity contribution in [2.24, 2.45) is 0 Å². The normalized spacial score (nSPS) is 17.8. The fourth-order valence-corrected chi connectivity index (χ4v) is 3.91. The second kappa shape index (κ2) is 6.84. The van der Waals surface area contributed by atoms with Crippen LogP contribution in [0.3, 0.4) is 0 Å². The third kappa shape index (κ3) is 3.57. The monoisotopic (exact) mass is 294 g/mol. The number of quaternary nitrogens is 1. The van der Waals surface area contributed by atoms with E-state index in [4.69, 9.17) is 5.26 Å². The van der Waals surface area contributed by atoms with Crippen LogP contribution in [0.15, 0.2) is 35.2 Å². The van der Waals surface area contributed by atoms with Gasteiger partial charge in [-0.25, -0.2) is 8.42 Å². The number of piperazine rings is 1. The van der Waals surface area contributed by atoms with E-state index in [-0.39, 0.29) is 0 Å². The lowest BCUT2D eigenvalue weighted by atomic mass is 10.3. The van der Waals surface area contributed by atoms with Gasteiger partial charge >= 0.3 is 0 Å². The van der Waals surface area contributed by atoms with Crippen LogP contribution in [-0.4, -0.2) is 45.4 Å². The first-order chi connectivity index (χ1) is 9.64. The number of hydrogen-bond acceptors (Lipinski definition) is 3. The van der Waals surface area contributed by atoms with Gasteiger partial charge in [-0.05, 0) is 12.1 Å². The Labute approximate surface area is 120 Å². The van der Waals surface area contributed by atoms with E-state index in [2.05, 4.69) is 6.07 Å². The first-order valence-electron chi connectivity index (χ1n) is 6.90. The summed E-state index contributed by atoms with van der Waals surface area (Å²) in [6, 6.07) is 10.7. The molecule has 1 saturated heterocycles. The van der Waals surface area contributed by atoms with Crippen LogP contribution in [-0.2, 0) is 10.0 Å². The summed E-state index contributed by atoms with van der Waals surface area (Å²) >= 11 is 0. The second-order valence-corrected chi connectivity index (χ2v) is 6.92. The summed E-state index contributed by atoms with van der Waals surface area (Å²) in [4.78, 5) is 1.76. The molecule has 0 saturated carbocycles. The Bertz CT molecular complexity index is 558. The van der Waals surface area contributed by atoms with Gasteiger partial charge in [-0.3, -0.25) is 0 Å². The van der Waals surface area contributed by atoms with Crippen molar-refractivity contribution >= 4 is 10.0 Å². The zero-order valence-corrected chi connectivity index (χ0v) is 12.3. The first kappa shape index (κ1) is 15.0. The summed E-state index contributed by atoms with van der Waals surface area (Å²) in [5.41, 5.74) is 0. The SMILES string of the molecule is N#CCCC[NH+]1CCN(S(=O)(=O)c2ccccc2)CC1. The molecule has 0 amide bonds. The lowest BCUT2D eigenvalue weighted by molar-refractivity contribution is -0.903. The van der Waals surface area contributed by atoms with Crippen LogP contribution in [0.25, 0.3) is 0 Å². The fraction of sp³-hybridized carbons (Fsp3) is 0.500. The highest BCUT2D eigenvalue weighted by Gasteiger charge is 2.29. The highest BCUT2D eigenvalue weighted by Crippen LogP contribution is 2.14. The van der Waals surface area contributed by atoms with E-state index in [1.54, 1.807) is 28.6 Å². The summed E-state index contributed by atoms with van der Waals surface area (Å²) in [7, 11) is -3.34. The molecule has 1 aromatic rings. The molecule has 2 rings (SSSR count). The van der Waals surface area contributed by atoms with Crippen LogP contribution in [0, 0.1) is 11.3 Å². The van der Waals surface area contributed by atoms with Gasteiger partial charge in [-0.15, -0.1) is 0 Å². The Hall–Kier alpha value is -1.42. The van der Waals surface area contributed by atoms with Gasteiger partial charge in [0.1, 0.15) is 0 Å². The molecule has 1 heterocycles.